The summed E-state index contributed by atoms with van der Waals surface area (Å²) in [5.41, 5.74) is 3.92. The second-order valence-electron chi connectivity index (χ2n) is 9.20. The number of fused-ring (bicyclic) bond motifs is 5. The van der Waals surface area contributed by atoms with Crippen LogP contribution in [0.3, 0.4) is 0 Å². The number of pyridine rings is 2. The van der Waals surface area contributed by atoms with Gasteiger partial charge in [0.1, 0.15) is 17.3 Å². The molecule has 0 bridgehead atoms. The zero-order valence-electron chi connectivity index (χ0n) is 19.0. The molecule has 2 unspecified atom stereocenters. The Labute approximate surface area is 204 Å². The maximum atomic E-state index is 14.5. The average Bonchev–Trinajstić information content (AvgIpc) is 3.56. The summed E-state index contributed by atoms with van der Waals surface area (Å²) in [5.74, 6) is 1.77. The van der Waals surface area contributed by atoms with Gasteiger partial charge in [-0.2, -0.15) is 0 Å². The highest BCUT2D eigenvalue weighted by molar-refractivity contribution is 7.99. The van der Waals surface area contributed by atoms with Gasteiger partial charge in [-0.15, -0.1) is 0 Å². The minimum absolute atomic E-state index is 0.288. The van der Waals surface area contributed by atoms with E-state index in [0.717, 1.165) is 64.2 Å². The lowest BCUT2D eigenvalue weighted by Gasteiger charge is -2.20. The molecule has 2 atom stereocenters. The fourth-order valence-corrected chi connectivity index (χ4v) is 6.18. The summed E-state index contributed by atoms with van der Waals surface area (Å²) in [4.78, 5) is 25.6. The molecule has 0 radical (unpaired) electrons. The van der Waals surface area contributed by atoms with Gasteiger partial charge >= 0.3 is 0 Å². The Bertz CT molecular complexity index is 1590. The number of anilines is 2. The Morgan fingerprint density at radius 2 is 1.94 bits per heavy atom. The van der Waals surface area contributed by atoms with Crippen LogP contribution < -0.4 is 15.5 Å². The largest absolute Gasteiger partial charge is 0.386 e. The van der Waals surface area contributed by atoms with Gasteiger partial charge in [-0.25, -0.2) is 14.4 Å². The van der Waals surface area contributed by atoms with Gasteiger partial charge < -0.3 is 20.5 Å². The van der Waals surface area contributed by atoms with E-state index in [1.165, 1.54) is 17.8 Å². The highest BCUT2D eigenvalue weighted by atomic mass is 32.2. The molecule has 1 aromatic carbocycles. The molecule has 4 aromatic heterocycles. The summed E-state index contributed by atoms with van der Waals surface area (Å²) >= 11 is 1.46. The van der Waals surface area contributed by atoms with Gasteiger partial charge in [-0.1, -0.05) is 0 Å². The Morgan fingerprint density at radius 1 is 1.09 bits per heavy atom. The summed E-state index contributed by atoms with van der Waals surface area (Å²) in [7, 11) is 1.79. The molecule has 8 nitrogen and oxygen atoms in total. The molecule has 2 saturated heterocycles. The van der Waals surface area contributed by atoms with Crippen molar-refractivity contribution in [2.24, 2.45) is 11.8 Å². The number of halogens is 1. The first kappa shape index (κ1) is 20.8. The summed E-state index contributed by atoms with van der Waals surface area (Å²) in [6.45, 7) is 3.91. The average molecular weight is 487 g/mol. The highest BCUT2D eigenvalue weighted by Crippen LogP contribution is 2.40. The zero-order chi connectivity index (χ0) is 23.5. The Morgan fingerprint density at radius 3 is 2.77 bits per heavy atom. The van der Waals surface area contributed by atoms with Crippen molar-refractivity contribution in [1.29, 1.82) is 0 Å². The van der Waals surface area contributed by atoms with E-state index in [9.17, 15) is 4.39 Å². The van der Waals surface area contributed by atoms with Gasteiger partial charge in [0.25, 0.3) is 0 Å². The van der Waals surface area contributed by atoms with Crippen molar-refractivity contribution in [1.82, 2.24) is 30.2 Å². The van der Waals surface area contributed by atoms with Gasteiger partial charge in [0.05, 0.1) is 27.6 Å². The van der Waals surface area contributed by atoms with Crippen molar-refractivity contribution in [2.45, 2.75) is 10.1 Å². The predicted molar refractivity (Wildman–Crippen MR) is 137 cm³/mol. The normalized spacial score (nSPS) is 19.8. The van der Waals surface area contributed by atoms with Crippen LogP contribution in [0, 0.1) is 17.7 Å². The molecular weight excluding hydrogens is 463 g/mol. The molecule has 10 heteroatoms. The first-order chi connectivity index (χ1) is 17.2. The van der Waals surface area contributed by atoms with E-state index in [1.54, 1.807) is 19.3 Å². The standard InChI is InChI=1S/C25H23FN8S/c1-27-20-6-15(26)5-17-21-23(31-22(17)20)32-25(33-24(21)34-11-13-8-28-9-14(13)12-34)35-16-7-19-18(30-10-16)3-2-4-29-19/h2-7,10,13-14,27-28H,8-9,11-12H2,1H3,(H,31,32,33). The molecule has 2 fully saturated rings. The van der Waals surface area contributed by atoms with Gasteiger partial charge in [-0.3, -0.25) is 9.97 Å². The Kier molecular flexibility index (Phi) is 4.78. The quantitative estimate of drug-likeness (QED) is 0.328. The van der Waals surface area contributed by atoms with Crippen LogP contribution in [0.1, 0.15) is 0 Å². The molecular formula is C25H23FN8S. The van der Waals surface area contributed by atoms with E-state index in [2.05, 4.69) is 30.5 Å². The first-order valence-electron chi connectivity index (χ1n) is 11.7. The summed E-state index contributed by atoms with van der Waals surface area (Å²) in [5, 5.41) is 8.89. The van der Waals surface area contributed by atoms with E-state index in [0.29, 0.717) is 28.3 Å². The van der Waals surface area contributed by atoms with Crippen LogP contribution in [0.4, 0.5) is 15.9 Å². The third-order valence-electron chi connectivity index (χ3n) is 7.08. The molecule has 7 rings (SSSR count). The molecule has 2 aliphatic heterocycles. The third kappa shape index (κ3) is 3.47. The fraction of sp³-hybridized carbons (Fsp3) is 0.280. The van der Waals surface area contributed by atoms with Gasteiger partial charge in [0, 0.05) is 55.9 Å². The molecule has 0 spiro atoms. The lowest BCUT2D eigenvalue weighted by molar-refractivity contribution is 0.533. The molecule has 5 aromatic rings. The predicted octanol–water partition coefficient (Wildman–Crippen LogP) is 4.04. The topological polar surface area (TPSA) is 94.7 Å². The van der Waals surface area contributed by atoms with E-state index < -0.39 is 0 Å². The third-order valence-corrected chi connectivity index (χ3v) is 7.90. The molecule has 0 saturated carbocycles. The summed E-state index contributed by atoms with van der Waals surface area (Å²) in [6, 6.07) is 8.90. The second kappa shape index (κ2) is 8.03. The van der Waals surface area contributed by atoms with E-state index in [1.807, 2.05) is 24.4 Å². The number of nitrogens with one attached hydrogen (secondary N) is 3. The van der Waals surface area contributed by atoms with Crippen molar-refractivity contribution in [3.63, 3.8) is 0 Å². The summed E-state index contributed by atoms with van der Waals surface area (Å²) in [6.07, 6.45) is 3.59. The number of rotatable bonds is 4. The molecule has 35 heavy (non-hydrogen) atoms. The zero-order valence-corrected chi connectivity index (χ0v) is 19.9. The number of aromatic nitrogens is 5. The van der Waals surface area contributed by atoms with Crippen molar-refractivity contribution >= 4 is 56.2 Å². The van der Waals surface area contributed by atoms with Gasteiger partial charge in [0.15, 0.2) is 5.16 Å². The van der Waals surface area contributed by atoms with Crippen molar-refractivity contribution < 1.29 is 4.39 Å². The van der Waals surface area contributed by atoms with E-state index in [-0.39, 0.29) is 5.82 Å². The fourth-order valence-electron chi connectivity index (χ4n) is 5.42. The van der Waals surface area contributed by atoms with Crippen molar-refractivity contribution in [2.75, 3.05) is 43.4 Å². The maximum Gasteiger partial charge on any atom is 0.196 e. The SMILES string of the molecule is CNc1cc(F)cc2c1[nH]c1nc(Sc3cnc4cccnc4c3)nc(N3CC4CNCC4C3)c12. The Balaban J connectivity index is 1.39. The van der Waals surface area contributed by atoms with Crippen LogP contribution in [0.25, 0.3) is 33.0 Å². The smallest absolute Gasteiger partial charge is 0.196 e. The number of hydrogen-bond donors (Lipinski definition) is 3. The molecule has 6 heterocycles. The second-order valence-corrected chi connectivity index (χ2v) is 10.2. The van der Waals surface area contributed by atoms with Crippen molar-refractivity contribution in [3.05, 3.63) is 48.5 Å². The lowest BCUT2D eigenvalue weighted by atomic mass is 10.0. The van der Waals surface area contributed by atoms with Crippen LogP contribution in [-0.4, -0.2) is 58.1 Å². The van der Waals surface area contributed by atoms with E-state index >= 15 is 0 Å². The molecule has 0 aliphatic carbocycles. The van der Waals surface area contributed by atoms with Crippen LogP contribution in [0.15, 0.2) is 52.8 Å². The highest BCUT2D eigenvalue weighted by Gasteiger charge is 2.37. The number of benzene rings is 1. The van der Waals surface area contributed by atoms with Crippen LogP contribution in [-0.2, 0) is 0 Å². The van der Waals surface area contributed by atoms with Gasteiger partial charge in [-0.05, 0) is 53.9 Å². The molecule has 0 amide bonds. The van der Waals surface area contributed by atoms with Crippen molar-refractivity contribution in [3.8, 4) is 0 Å². The summed E-state index contributed by atoms with van der Waals surface area (Å²) < 4.78 is 14.5. The monoisotopic (exact) mass is 486 g/mol. The number of H-pyrrole nitrogens is 1. The number of aromatic amines is 1. The Hall–Kier alpha value is -3.50. The van der Waals surface area contributed by atoms with Gasteiger partial charge in [0.2, 0.25) is 0 Å². The molecule has 176 valence electrons. The maximum absolute atomic E-state index is 14.5. The minimum Gasteiger partial charge on any atom is -0.386 e. The lowest BCUT2D eigenvalue weighted by Crippen LogP contribution is -2.26. The van der Waals surface area contributed by atoms with Crippen LogP contribution in [0.2, 0.25) is 0 Å². The van der Waals surface area contributed by atoms with E-state index in [4.69, 9.17) is 9.97 Å². The van der Waals surface area contributed by atoms with Crippen LogP contribution in [0.5, 0.6) is 0 Å². The minimum atomic E-state index is -0.288. The number of hydrogen-bond acceptors (Lipinski definition) is 8. The van der Waals surface area contributed by atoms with Crippen LogP contribution >= 0.6 is 11.8 Å². The number of nitrogens with zero attached hydrogens (tertiary/aromatic N) is 5. The first-order valence-corrected chi connectivity index (χ1v) is 12.5. The molecule has 3 N–H and O–H groups in total. The molecule has 2 aliphatic rings.